The number of unbranched alkanes of at least 4 members (excludes halogenated alkanes) is 36. The second kappa shape index (κ2) is 63.5. The Kier molecular flexibility index (Phi) is 62.2. The average Bonchev–Trinajstić information content (AvgIpc) is 2.33. The molecule has 3 N–H and O–H groups in total. The van der Waals surface area contributed by atoms with E-state index in [4.69, 9.17) is 37.0 Å². The molecule has 0 aliphatic carbocycles. The van der Waals surface area contributed by atoms with Gasteiger partial charge in [-0.25, -0.2) is 9.13 Å². The molecule has 19 heteroatoms. The zero-order chi connectivity index (χ0) is 68.9. The number of aliphatic hydroxyl groups excluding tert-OH is 1. The van der Waals surface area contributed by atoms with E-state index in [1.165, 1.54) is 167 Å². The molecule has 0 saturated heterocycles. The highest BCUT2D eigenvalue weighted by Crippen LogP contribution is 2.45. The summed E-state index contributed by atoms with van der Waals surface area (Å²) in [5.74, 6) is 0.903. The number of hydrogen-bond donors (Lipinski definition) is 3. The largest absolute Gasteiger partial charge is 0.472 e. The first-order chi connectivity index (χ1) is 44.6. The average molecular weight is 1370 g/mol. The van der Waals surface area contributed by atoms with Gasteiger partial charge in [0.15, 0.2) is 12.2 Å². The fourth-order valence-corrected chi connectivity index (χ4v) is 12.7. The number of phosphoric acid groups is 2. The number of phosphoric ester groups is 2. The Labute approximate surface area is 568 Å². The molecular formula is C74H144O17P2. The van der Waals surface area contributed by atoms with Gasteiger partial charge in [0.25, 0.3) is 0 Å². The van der Waals surface area contributed by atoms with Crippen molar-refractivity contribution in [2.45, 2.75) is 388 Å². The number of ether oxygens (including phenoxy) is 4. The highest BCUT2D eigenvalue weighted by Gasteiger charge is 2.30. The van der Waals surface area contributed by atoms with Crippen molar-refractivity contribution >= 4 is 39.5 Å². The summed E-state index contributed by atoms with van der Waals surface area (Å²) in [6.07, 6.45) is 47.3. The van der Waals surface area contributed by atoms with Gasteiger partial charge < -0.3 is 33.8 Å². The van der Waals surface area contributed by atoms with Crippen molar-refractivity contribution in [1.82, 2.24) is 0 Å². The SMILES string of the molecule is CCC(C)CCCCCCCCCCCCC(=O)O[C@H](COC(=O)CCCCCCCCCCCC(C)C)COP(=O)(O)OCC(O)COP(=O)(O)OC[C@@H](COC(=O)CCCCCCCCC(C)C)OC(=O)CCCCCCCCCCCCCCCCCC(C)C. The lowest BCUT2D eigenvalue weighted by atomic mass is 9.99. The van der Waals surface area contributed by atoms with Gasteiger partial charge in [0.2, 0.25) is 0 Å². The number of aliphatic hydroxyl groups is 1. The minimum absolute atomic E-state index is 0.105. The third-order valence-electron chi connectivity index (χ3n) is 17.4. The van der Waals surface area contributed by atoms with Gasteiger partial charge in [-0.15, -0.1) is 0 Å². The molecule has 552 valence electrons. The number of carbonyl (C=O) groups excluding carboxylic acids is 4. The predicted molar refractivity (Wildman–Crippen MR) is 377 cm³/mol. The Balaban J connectivity index is 5.22. The third kappa shape index (κ3) is 67.0. The van der Waals surface area contributed by atoms with E-state index in [0.717, 1.165) is 114 Å². The van der Waals surface area contributed by atoms with Crippen LogP contribution in [0.15, 0.2) is 0 Å². The van der Waals surface area contributed by atoms with Crippen LogP contribution in [0, 0.1) is 23.7 Å². The Bertz CT molecular complexity index is 1840. The van der Waals surface area contributed by atoms with Crippen molar-refractivity contribution in [2.75, 3.05) is 39.6 Å². The molecule has 0 aromatic rings. The molecule has 0 spiro atoms. The number of carbonyl (C=O) groups is 4. The summed E-state index contributed by atoms with van der Waals surface area (Å²) in [4.78, 5) is 72.7. The number of hydrogen-bond acceptors (Lipinski definition) is 15. The molecule has 0 amide bonds. The fraction of sp³-hybridized carbons (Fsp3) is 0.946. The molecule has 0 bridgehead atoms. The second-order valence-corrected chi connectivity index (χ2v) is 31.3. The van der Waals surface area contributed by atoms with Crippen LogP contribution in [0.2, 0.25) is 0 Å². The van der Waals surface area contributed by atoms with Gasteiger partial charge in [0.05, 0.1) is 26.4 Å². The number of rotatable bonds is 71. The van der Waals surface area contributed by atoms with E-state index in [1.807, 2.05) is 0 Å². The van der Waals surface area contributed by atoms with Crippen molar-refractivity contribution < 1.29 is 80.2 Å². The minimum atomic E-state index is -4.95. The van der Waals surface area contributed by atoms with E-state index in [-0.39, 0.29) is 25.7 Å². The van der Waals surface area contributed by atoms with Crippen LogP contribution in [0.5, 0.6) is 0 Å². The lowest BCUT2D eigenvalue weighted by Crippen LogP contribution is -2.30. The number of esters is 4. The molecular weight excluding hydrogens is 1220 g/mol. The van der Waals surface area contributed by atoms with E-state index in [9.17, 15) is 43.2 Å². The van der Waals surface area contributed by atoms with Gasteiger partial charge in [-0.1, -0.05) is 319 Å². The fourth-order valence-electron chi connectivity index (χ4n) is 11.2. The first-order valence-electron chi connectivity index (χ1n) is 38.2. The first kappa shape index (κ1) is 91.1. The first-order valence-corrected chi connectivity index (χ1v) is 41.2. The molecule has 0 aromatic heterocycles. The molecule has 0 aliphatic heterocycles. The van der Waals surface area contributed by atoms with Crippen LogP contribution in [-0.2, 0) is 65.4 Å². The zero-order valence-corrected chi connectivity index (χ0v) is 62.7. The van der Waals surface area contributed by atoms with Crippen LogP contribution in [0.3, 0.4) is 0 Å². The van der Waals surface area contributed by atoms with Crippen molar-refractivity contribution in [3.63, 3.8) is 0 Å². The summed E-state index contributed by atoms with van der Waals surface area (Å²) in [5.41, 5.74) is 0. The van der Waals surface area contributed by atoms with Gasteiger partial charge in [-0.2, -0.15) is 0 Å². The molecule has 17 nitrogen and oxygen atoms in total. The molecule has 0 radical (unpaired) electrons. The molecule has 0 heterocycles. The van der Waals surface area contributed by atoms with Gasteiger partial charge in [0, 0.05) is 25.7 Å². The summed E-state index contributed by atoms with van der Waals surface area (Å²) in [7, 11) is -9.91. The van der Waals surface area contributed by atoms with Crippen molar-refractivity contribution in [3.8, 4) is 0 Å². The van der Waals surface area contributed by atoms with Crippen LogP contribution in [0.25, 0.3) is 0 Å². The van der Waals surface area contributed by atoms with E-state index in [0.29, 0.717) is 31.6 Å². The van der Waals surface area contributed by atoms with Gasteiger partial charge in [-0.3, -0.25) is 37.3 Å². The summed E-state index contributed by atoms with van der Waals surface area (Å²) < 4.78 is 68.4. The van der Waals surface area contributed by atoms with Gasteiger partial charge in [-0.05, 0) is 49.4 Å². The quantitative estimate of drug-likeness (QED) is 0.0222. The van der Waals surface area contributed by atoms with E-state index < -0.39 is 97.5 Å². The van der Waals surface area contributed by atoms with Crippen LogP contribution in [-0.4, -0.2) is 96.7 Å². The zero-order valence-electron chi connectivity index (χ0n) is 60.9. The summed E-state index contributed by atoms with van der Waals surface area (Å²) >= 11 is 0. The van der Waals surface area contributed by atoms with Crippen LogP contribution >= 0.6 is 15.6 Å². The molecule has 0 aromatic carbocycles. The maximum atomic E-state index is 13.0. The van der Waals surface area contributed by atoms with E-state index in [2.05, 4.69) is 55.4 Å². The molecule has 6 atom stereocenters. The highest BCUT2D eigenvalue weighted by molar-refractivity contribution is 7.47. The van der Waals surface area contributed by atoms with Crippen molar-refractivity contribution in [2.24, 2.45) is 23.7 Å². The molecule has 93 heavy (non-hydrogen) atoms. The summed E-state index contributed by atoms with van der Waals surface area (Å²) in [6.45, 7) is 14.1. The highest BCUT2D eigenvalue weighted by atomic mass is 31.2. The molecule has 0 aliphatic rings. The van der Waals surface area contributed by atoms with Crippen LogP contribution in [0.4, 0.5) is 0 Å². The van der Waals surface area contributed by atoms with Crippen LogP contribution in [0.1, 0.15) is 370 Å². The monoisotopic (exact) mass is 1370 g/mol. The topological polar surface area (TPSA) is 237 Å². The smallest absolute Gasteiger partial charge is 0.462 e. The minimum Gasteiger partial charge on any atom is -0.462 e. The second-order valence-electron chi connectivity index (χ2n) is 28.4. The van der Waals surface area contributed by atoms with E-state index >= 15 is 0 Å². The lowest BCUT2D eigenvalue weighted by Gasteiger charge is -2.21. The Morgan fingerprint density at radius 2 is 0.516 bits per heavy atom. The summed E-state index contributed by atoms with van der Waals surface area (Å²) in [6, 6.07) is 0. The molecule has 0 fully saturated rings. The Morgan fingerprint density at radius 3 is 0.763 bits per heavy atom. The third-order valence-corrected chi connectivity index (χ3v) is 19.3. The summed E-state index contributed by atoms with van der Waals surface area (Å²) in [5, 5.41) is 10.6. The Hall–Kier alpha value is -1.94. The normalized spacial score (nSPS) is 14.5. The maximum absolute atomic E-state index is 13.0. The Morgan fingerprint density at radius 1 is 0.301 bits per heavy atom. The molecule has 0 saturated carbocycles. The maximum Gasteiger partial charge on any atom is 0.472 e. The standard InChI is InChI=1S/C74H144O17P2/c1-9-67(8)53-45-37-28-22-17-18-24-31-41-49-57-74(79)90-69(60-84-71(76)54-46-38-29-25-19-21-27-35-43-51-65(4)5)62-88-92(80,81)86-58-68(75)59-87-93(82,83)89-63-70(61-85-72(77)55-47-39-33-32-36-44-52-66(6)7)91-73(78)56-48-40-30-23-16-14-12-10-11-13-15-20-26-34-42-50-64(2)3/h64-70,75H,9-63H2,1-8H3,(H,80,81)(H,82,83)/t67?,68?,69-,70-/m1/s1. The molecule has 4 unspecified atom stereocenters. The predicted octanol–water partition coefficient (Wildman–Crippen LogP) is 21.3. The van der Waals surface area contributed by atoms with Gasteiger partial charge in [0.1, 0.15) is 19.3 Å². The van der Waals surface area contributed by atoms with E-state index in [1.54, 1.807) is 0 Å². The lowest BCUT2D eigenvalue weighted by molar-refractivity contribution is -0.161. The van der Waals surface area contributed by atoms with Gasteiger partial charge >= 0.3 is 39.5 Å². The van der Waals surface area contributed by atoms with Crippen LogP contribution < -0.4 is 0 Å². The van der Waals surface area contributed by atoms with Crippen molar-refractivity contribution in [3.05, 3.63) is 0 Å². The molecule has 0 rings (SSSR count). The van der Waals surface area contributed by atoms with Crippen molar-refractivity contribution in [1.29, 1.82) is 0 Å².